The van der Waals surface area contributed by atoms with Crippen LogP contribution in [0, 0.1) is 0 Å². The fraction of sp³-hybridized carbons (Fsp3) is 0.273. The summed E-state index contributed by atoms with van der Waals surface area (Å²) >= 11 is 0. The first-order valence-electron chi connectivity index (χ1n) is 4.74. The van der Waals surface area contributed by atoms with E-state index < -0.39 is 0 Å². The molecule has 74 valence electrons. The topological polar surface area (TPSA) is 51.2 Å². The predicted octanol–water partition coefficient (Wildman–Crippen LogP) is 1.09. The van der Waals surface area contributed by atoms with Crippen molar-refractivity contribution in [1.29, 1.82) is 0 Å². The maximum Gasteiger partial charge on any atom is 0.119 e. The van der Waals surface area contributed by atoms with E-state index >= 15 is 0 Å². The largest absolute Gasteiger partial charge is 0.376 e. The molecule has 3 nitrogen and oxygen atoms in total. The molecule has 0 aliphatic heterocycles. The maximum absolute atomic E-state index is 9.15. The molecule has 0 unspecified atom stereocenters. The molecule has 14 heavy (non-hydrogen) atoms. The van der Waals surface area contributed by atoms with Crippen LogP contribution in [0.1, 0.15) is 5.56 Å². The van der Waals surface area contributed by atoms with Gasteiger partial charge in [0, 0.05) is 11.6 Å². The second-order valence-electron chi connectivity index (χ2n) is 3.32. The molecule has 0 spiro atoms. The number of aliphatic hydroxyl groups excluding tert-OH is 1. The summed E-state index contributed by atoms with van der Waals surface area (Å²) in [5.74, 6) is 0. The number of hydrogen-bond acceptors (Lipinski definition) is 2. The quantitative estimate of drug-likeness (QED) is 0.761. The van der Waals surface area contributed by atoms with Crippen LogP contribution in [-0.4, -0.2) is 16.2 Å². The molecule has 0 amide bonds. The molecule has 0 bridgehead atoms. The summed E-state index contributed by atoms with van der Waals surface area (Å²) in [4.78, 5) is 0. The van der Waals surface area contributed by atoms with Crippen molar-refractivity contribution >= 4 is 10.9 Å². The number of aromatic nitrogens is 1. The van der Waals surface area contributed by atoms with Gasteiger partial charge in [0.1, 0.15) is 6.73 Å². The Morgan fingerprint density at radius 1 is 1.29 bits per heavy atom. The number of nitrogens with zero attached hydrogens (tertiary/aromatic N) is 1. The van der Waals surface area contributed by atoms with Crippen LogP contribution in [0.25, 0.3) is 10.9 Å². The van der Waals surface area contributed by atoms with E-state index in [0.717, 1.165) is 11.9 Å². The Bertz CT molecular complexity index is 434. The van der Waals surface area contributed by atoms with E-state index in [4.69, 9.17) is 10.8 Å². The minimum absolute atomic E-state index is 0.0189. The fourth-order valence-electron chi connectivity index (χ4n) is 1.79. The third-order valence-electron chi connectivity index (χ3n) is 2.44. The number of rotatable bonds is 3. The predicted molar refractivity (Wildman–Crippen MR) is 56.9 cm³/mol. The Balaban J connectivity index is 2.61. The molecule has 0 saturated carbocycles. The van der Waals surface area contributed by atoms with Gasteiger partial charge in [0.2, 0.25) is 0 Å². The van der Waals surface area contributed by atoms with E-state index in [0.29, 0.717) is 6.54 Å². The molecule has 0 fully saturated rings. The zero-order valence-electron chi connectivity index (χ0n) is 7.98. The van der Waals surface area contributed by atoms with Crippen molar-refractivity contribution in [2.24, 2.45) is 5.73 Å². The molecule has 2 aromatic rings. The maximum atomic E-state index is 9.15. The number of para-hydroxylation sites is 1. The highest BCUT2D eigenvalue weighted by Crippen LogP contribution is 2.20. The van der Waals surface area contributed by atoms with Crippen molar-refractivity contribution in [3.05, 3.63) is 36.0 Å². The first kappa shape index (κ1) is 9.24. The van der Waals surface area contributed by atoms with Crippen molar-refractivity contribution in [3.63, 3.8) is 0 Å². The highest BCUT2D eigenvalue weighted by molar-refractivity contribution is 5.83. The van der Waals surface area contributed by atoms with E-state index in [2.05, 4.69) is 6.07 Å². The van der Waals surface area contributed by atoms with Gasteiger partial charge in [0.05, 0.1) is 5.52 Å². The molecule has 0 radical (unpaired) electrons. The van der Waals surface area contributed by atoms with Crippen LogP contribution in [-0.2, 0) is 13.2 Å². The summed E-state index contributed by atoms with van der Waals surface area (Å²) in [6.07, 6.45) is 2.82. The number of fused-ring (bicyclic) bond motifs is 1. The first-order chi connectivity index (χ1) is 6.86. The Labute approximate surface area is 82.8 Å². The second kappa shape index (κ2) is 3.82. The zero-order chi connectivity index (χ0) is 9.97. The molecule has 2 rings (SSSR count). The van der Waals surface area contributed by atoms with Crippen molar-refractivity contribution in [2.45, 2.75) is 13.2 Å². The Kier molecular flexibility index (Phi) is 2.52. The average Bonchev–Trinajstić information content (AvgIpc) is 2.58. The van der Waals surface area contributed by atoms with Gasteiger partial charge in [-0.1, -0.05) is 18.2 Å². The van der Waals surface area contributed by atoms with Crippen molar-refractivity contribution in [3.8, 4) is 0 Å². The Morgan fingerprint density at radius 2 is 2.07 bits per heavy atom. The molecule has 1 aromatic carbocycles. The van der Waals surface area contributed by atoms with Crippen LogP contribution in [0.5, 0.6) is 0 Å². The lowest BCUT2D eigenvalue weighted by Crippen LogP contribution is -2.02. The summed E-state index contributed by atoms with van der Waals surface area (Å²) in [5.41, 5.74) is 7.80. The lowest BCUT2D eigenvalue weighted by molar-refractivity contribution is 0.215. The smallest absolute Gasteiger partial charge is 0.119 e. The molecule has 3 heteroatoms. The zero-order valence-corrected chi connectivity index (χ0v) is 7.98. The summed E-state index contributed by atoms with van der Waals surface area (Å²) in [6.45, 7) is 0.657. The molecular formula is C11H14N2O. The minimum atomic E-state index is 0.0189. The molecule has 0 saturated heterocycles. The molecule has 0 aliphatic rings. The molecule has 0 aliphatic carbocycles. The van der Waals surface area contributed by atoms with Crippen LogP contribution >= 0.6 is 0 Å². The molecule has 3 N–H and O–H groups in total. The van der Waals surface area contributed by atoms with Gasteiger partial charge in [0.25, 0.3) is 0 Å². The lowest BCUT2D eigenvalue weighted by atomic mass is 10.1. The first-order valence-corrected chi connectivity index (χ1v) is 4.74. The van der Waals surface area contributed by atoms with Crippen molar-refractivity contribution in [2.75, 3.05) is 6.54 Å². The Morgan fingerprint density at radius 3 is 2.79 bits per heavy atom. The van der Waals surface area contributed by atoms with Gasteiger partial charge in [-0.05, 0) is 24.6 Å². The van der Waals surface area contributed by atoms with Gasteiger partial charge < -0.3 is 15.4 Å². The SMILES string of the molecule is NCCc1cn(CO)c2ccccc12. The van der Waals surface area contributed by atoms with Crippen LogP contribution < -0.4 is 5.73 Å². The fourth-order valence-corrected chi connectivity index (χ4v) is 1.79. The standard InChI is InChI=1S/C11H14N2O/c12-6-5-9-7-13(8-14)11-4-2-1-3-10(9)11/h1-4,7,14H,5-6,8,12H2. The third-order valence-corrected chi connectivity index (χ3v) is 2.44. The van der Waals surface area contributed by atoms with E-state index in [1.807, 2.05) is 29.0 Å². The van der Waals surface area contributed by atoms with Crippen molar-refractivity contribution < 1.29 is 5.11 Å². The molecule has 0 atom stereocenters. The molecule has 1 aromatic heterocycles. The van der Waals surface area contributed by atoms with E-state index in [-0.39, 0.29) is 6.73 Å². The lowest BCUT2D eigenvalue weighted by Gasteiger charge is -1.97. The number of aliphatic hydroxyl groups is 1. The van der Waals surface area contributed by atoms with E-state index in [1.165, 1.54) is 10.9 Å². The van der Waals surface area contributed by atoms with Crippen molar-refractivity contribution in [1.82, 2.24) is 4.57 Å². The van der Waals surface area contributed by atoms with Gasteiger partial charge in [0.15, 0.2) is 0 Å². The highest BCUT2D eigenvalue weighted by Gasteiger charge is 2.05. The van der Waals surface area contributed by atoms with Crippen LogP contribution in [0.3, 0.4) is 0 Å². The monoisotopic (exact) mass is 190 g/mol. The van der Waals surface area contributed by atoms with Gasteiger partial charge in [-0.2, -0.15) is 0 Å². The number of hydrogen-bond donors (Lipinski definition) is 2. The molecular weight excluding hydrogens is 176 g/mol. The summed E-state index contributed by atoms with van der Waals surface area (Å²) < 4.78 is 1.83. The molecule has 1 heterocycles. The minimum Gasteiger partial charge on any atom is -0.376 e. The average molecular weight is 190 g/mol. The van der Waals surface area contributed by atoms with Crippen LogP contribution in [0.15, 0.2) is 30.5 Å². The second-order valence-corrected chi connectivity index (χ2v) is 3.32. The summed E-state index contributed by atoms with van der Waals surface area (Å²) in [6, 6.07) is 8.04. The van der Waals surface area contributed by atoms with Gasteiger partial charge >= 0.3 is 0 Å². The Hall–Kier alpha value is -1.32. The third kappa shape index (κ3) is 1.41. The number of benzene rings is 1. The summed E-state index contributed by atoms with van der Waals surface area (Å²) in [7, 11) is 0. The van der Waals surface area contributed by atoms with Crippen LogP contribution in [0.4, 0.5) is 0 Å². The normalized spacial score (nSPS) is 11.0. The van der Waals surface area contributed by atoms with Gasteiger partial charge in [-0.3, -0.25) is 0 Å². The summed E-state index contributed by atoms with van der Waals surface area (Å²) in [5, 5.41) is 10.3. The van der Waals surface area contributed by atoms with Crippen LogP contribution in [0.2, 0.25) is 0 Å². The highest BCUT2D eigenvalue weighted by atomic mass is 16.3. The van der Waals surface area contributed by atoms with Gasteiger partial charge in [-0.25, -0.2) is 0 Å². The van der Waals surface area contributed by atoms with E-state index in [1.54, 1.807) is 0 Å². The van der Waals surface area contributed by atoms with E-state index in [9.17, 15) is 0 Å². The number of nitrogens with two attached hydrogens (primary N) is 1. The van der Waals surface area contributed by atoms with Gasteiger partial charge in [-0.15, -0.1) is 0 Å².